The lowest BCUT2D eigenvalue weighted by atomic mass is 9.88. The molecule has 158 valence electrons. The molecule has 0 aliphatic heterocycles. The van der Waals surface area contributed by atoms with Gasteiger partial charge in [-0.25, -0.2) is 5.43 Å². The molecule has 0 spiro atoms. The third-order valence-corrected chi connectivity index (χ3v) is 5.20. The number of rotatable bonds is 5. The van der Waals surface area contributed by atoms with Crippen molar-refractivity contribution in [2.24, 2.45) is 11.0 Å². The lowest BCUT2D eigenvalue weighted by Crippen LogP contribution is -2.24. The number of hydrogen-bond acceptors (Lipinski definition) is 6. The third kappa shape index (κ3) is 5.08. The van der Waals surface area contributed by atoms with Gasteiger partial charge in [-0.05, 0) is 49.6 Å². The van der Waals surface area contributed by atoms with Crippen LogP contribution in [0.15, 0.2) is 41.5 Å². The van der Waals surface area contributed by atoms with Gasteiger partial charge in [0.25, 0.3) is 5.91 Å². The Kier molecular flexibility index (Phi) is 6.56. The average Bonchev–Trinajstić information content (AvgIpc) is 2.76. The summed E-state index contributed by atoms with van der Waals surface area (Å²) in [6.07, 6.45) is 5.27. The van der Waals surface area contributed by atoms with Crippen LogP contribution in [0.2, 0.25) is 0 Å². The zero-order chi connectivity index (χ0) is 21.7. The standard InChI is InChI=1S/C22H25N3O5/c1-13(24-25-22(30)16-11-18(26)20(28)19(27)12-16)14-7-9-17(10-8-14)23-21(29)15-5-3-2-4-6-15/h7-12,15,26-28H,2-6H2,1H3,(H,23,29)(H,25,30)/b24-13-. The molecule has 0 heterocycles. The van der Waals surface area contributed by atoms with Gasteiger partial charge in [-0.15, -0.1) is 0 Å². The number of carbonyl (C=O) groups is 2. The molecule has 8 heteroatoms. The topological polar surface area (TPSA) is 131 Å². The van der Waals surface area contributed by atoms with Crippen molar-refractivity contribution in [1.29, 1.82) is 0 Å². The predicted octanol–water partition coefficient (Wildman–Crippen LogP) is 3.48. The van der Waals surface area contributed by atoms with E-state index in [-0.39, 0.29) is 17.4 Å². The van der Waals surface area contributed by atoms with Crippen LogP contribution in [-0.4, -0.2) is 32.8 Å². The Morgan fingerprint density at radius 1 is 0.933 bits per heavy atom. The number of hydrazone groups is 1. The molecule has 1 aliphatic carbocycles. The number of anilines is 1. The van der Waals surface area contributed by atoms with Gasteiger partial charge in [0, 0.05) is 17.2 Å². The molecule has 30 heavy (non-hydrogen) atoms. The zero-order valence-electron chi connectivity index (χ0n) is 16.7. The Hall–Kier alpha value is -3.55. The van der Waals surface area contributed by atoms with E-state index in [0.29, 0.717) is 11.4 Å². The molecule has 0 bridgehead atoms. The van der Waals surface area contributed by atoms with E-state index in [9.17, 15) is 24.9 Å². The maximum atomic E-state index is 12.3. The Balaban J connectivity index is 1.61. The molecule has 5 N–H and O–H groups in total. The summed E-state index contributed by atoms with van der Waals surface area (Å²) in [7, 11) is 0. The zero-order valence-corrected chi connectivity index (χ0v) is 16.7. The molecule has 1 aliphatic rings. The Morgan fingerprint density at radius 2 is 1.53 bits per heavy atom. The number of nitrogens with zero attached hydrogens (tertiary/aromatic N) is 1. The predicted molar refractivity (Wildman–Crippen MR) is 113 cm³/mol. The molecule has 0 saturated heterocycles. The van der Waals surface area contributed by atoms with Gasteiger partial charge >= 0.3 is 0 Å². The molecule has 0 unspecified atom stereocenters. The van der Waals surface area contributed by atoms with Crippen LogP contribution >= 0.6 is 0 Å². The van der Waals surface area contributed by atoms with E-state index >= 15 is 0 Å². The van der Waals surface area contributed by atoms with Gasteiger partial charge in [0.05, 0.1) is 5.71 Å². The minimum atomic E-state index is -0.693. The van der Waals surface area contributed by atoms with Gasteiger partial charge in [0.1, 0.15) is 0 Å². The first-order valence-corrected chi connectivity index (χ1v) is 9.86. The lowest BCUT2D eigenvalue weighted by Gasteiger charge is -2.20. The van der Waals surface area contributed by atoms with Gasteiger partial charge in [-0.1, -0.05) is 31.4 Å². The fourth-order valence-electron chi connectivity index (χ4n) is 3.40. The van der Waals surface area contributed by atoms with Crippen molar-refractivity contribution in [2.75, 3.05) is 5.32 Å². The van der Waals surface area contributed by atoms with Gasteiger partial charge in [-0.3, -0.25) is 9.59 Å². The molecule has 1 fully saturated rings. The molecule has 1 saturated carbocycles. The van der Waals surface area contributed by atoms with Crippen LogP contribution in [0, 0.1) is 5.92 Å². The van der Waals surface area contributed by atoms with Crippen molar-refractivity contribution in [1.82, 2.24) is 5.43 Å². The highest BCUT2D eigenvalue weighted by molar-refractivity contribution is 6.01. The highest BCUT2D eigenvalue weighted by atomic mass is 16.3. The van der Waals surface area contributed by atoms with E-state index in [2.05, 4.69) is 15.8 Å². The second-order valence-corrected chi connectivity index (χ2v) is 7.40. The maximum Gasteiger partial charge on any atom is 0.271 e. The average molecular weight is 411 g/mol. The fourth-order valence-corrected chi connectivity index (χ4v) is 3.40. The maximum absolute atomic E-state index is 12.3. The summed E-state index contributed by atoms with van der Waals surface area (Å²) in [5.41, 5.74) is 4.27. The molecule has 0 radical (unpaired) electrons. The number of phenolic OH excluding ortho intramolecular Hbond substituents is 3. The van der Waals surface area contributed by atoms with Crippen LogP contribution in [0.5, 0.6) is 17.2 Å². The summed E-state index contributed by atoms with van der Waals surface area (Å²) in [6.45, 7) is 1.71. The van der Waals surface area contributed by atoms with Crippen LogP contribution in [0.3, 0.4) is 0 Å². The van der Waals surface area contributed by atoms with Gasteiger partial charge in [0.15, 0.2) is 17.2 Å². The van der Waals surface area contributed by atoms with Crippen LogP contribution in [0.1, 0.15) is 54.9 Å². The quantitative estimate of drug-likeness (QED) is 0.292. The van der Waals surface area contributed by atoms with E-state index < -0.39 is 23.2 Å². The van der Waals surface area contributed by atoms with Crippen LogP contribution in [-0.2, 0) is 4.79 Å². The number of carbonyl (C=O) groups excluding carboxylic acids is 2. The van der Waals surface area contributed by atoms with Crippen molar-refractivity contribution in [3.8, 4) is 17.2 Å². The molecule has 0 aromatic heterocycles. The Morgan fingerprint density at radius 3 is 2.13 bits per heavy atom. The molecular formula is C22H25N3O5. The normalized spacial score (nSPS) is 14.9. The first-order valence-electron chi connectivity index (χ1n) is 9.86. The smallest absolute Gasteiger partial charge is 0.271 e. The molecular weight excluding hydrogens is 386 g/mol. The molecule has 0 atom stereocenters. The molecule has 2 amide bonds. The van der Waals surface area contributed by atoms with E-state index in [0.717, 1.165) is 43.4 Å². The lowest BCUT2D eigenvalue weighted by molar-refractivity contribution is -0.120. The summed E-state index contributed by atoms with van der Waals surface area (Å²) < 4.78 is 0. The SMILES string of the molecule is C/C(=N/NC(=O)c1cc(O)c(O)c(O)c1)c1ccc(NC(=O)C2CCCCC2)cc1. The minimum absolute atomic E-state index is 0.0554. The summed E-state index contributed by atoms with van der Waals surface area (Å²) in [5, 5.41) is 35.3. The van der Waals surface area contributed by atoms with Crippen LogP contribution < -0.4 is 10.7 Å². The van der Waals surface area contributed by atoms with Gasteiger partial charge < -0.3 is 20.6 Å². The number of amides is 2. The molecule has 8 nitrogen and oxygen atoms in total. The van der Waals surface area contributed by atoms with Crippen molar-refractivity contribution in [2.45, 2.75) is 39.0 Å². The van der Waals surface area contributed by atoms with Crippen molar-refractivity contribution in [3.05, 3.63) is 47.5 Å². The summed E-state index contributed by atoms with van der Waals surface area (Å²) in [6, 6.07) is 9.21. The van der Waals surface area contributed by atoms with Crippen molar-refractivity contribution in [3.63, 3.8) is 0 Å². The largest absolute Gasteiger partial charge is 0.504 e. The highest BCUT2D eigenvalue weighted by Crippen LogP contribution is 2.35. The first kappa shape index (κ1) is 21.2. The Bertz CT molecular complexity index is 940. The van der Waals surface area contributed by atoms with Gasteiger partial charge in [-0.2, -0.15) is 5.10 Å². The van der Waals surface area contributed by atoms with E-state index in [4.69, 9.17) is 0 Å². The number of aromatic hydroxyl groups is 3. The number of hydrogen-bond donors (Lipinski definition) is 5. The molecule has 2 aromatic carbocycles. The minimum Gasteiger partial charge on any atom is -0.504 e. The second-order valence-electron chi connectivity index (χ2n) is 7.40. The molecule has 3 rings (SSSR count). The summed E-state index contributed by atoms with van der Waals surface area (Å²) in [4.78, 5) is 24.5. The summed E-state index contributed by atoms with van der Waals surface area (Å²) in [5.74, 6) is -2.42. The highest BCUT2D eigenvalue weighted by Gasteiger charge is 2.21. The van der Waals surface area contributed by atoms with Crippen molar-refractivity contribution >= 4 is 23.2 Å². The number of phenols is 3. The Labute approximate surface area is 174 Å². The van der Waals surface area contributed by atoms with E-state index in [1.54, 1.807) is 31.2 Å². The monoisotopic (exact) mass is 411 g/mol. The first-order chi connectivity index (χ1) is 14.3. The fraction of sp³-hybridized carbons (Fsp3) is 0.318. The van der Waals surface area contributed by atoms with E-state index in [1.807, 2.05) is 0 Å². The second kappa shape index (κ2) is 9.30. The van der Waals surface area contributed by atoms with Crippen LogP contribution in [0.25, 0.3) is 0 Å². The van der Waals surface area contributed by atoms with E-state index in [1.165, 1.54) is 6.42 Å². The van der Waals surface area contributed by atoms with Crippen molar-refractivity contribution < 1.29 is 24.9 Å². The third-order valence-electron chi connectivity index (χ3n) is 5.20. The number of nitrogens with one attached hydrogen (secondary N) is 2. The van der Waals surface area contributed by atoms with Gasteiger partial charge in [0.2, 0.25) is 5.91 Å². The molecule has 2 aromatic rings. The van der Waals surface area contributed by atoms with Crippen LogP contribution in [0.4, 0.5) is 5.69 Å². The summed E-state index contributed by atoms with van der Waals surface area (Å²) >= 11 is 0. The number of benzene rings is 2.